The Balaban J connectivity index is 1.65. The van der Waals surface area contributed by atoms with Gasteiger partial charge in [0.1, 0.15) is 5.82 Å². The van der Waals surface area contributed by atoms with Gasteiger partial charge in [-0.2, -0.15) is 5.10 Å². The molecule has 0 aliphatic heterocycles. The standard InChI is InChI=1S/C17H21N7OS/c1-12(2)10-23-17(19-21-22-23)26-11-16(25)18-15-9-13(3)20-24(15)14-7-5-4-6-8-14/h4-9,12H,10-11H2,1-3H3,(H,18,25). The lowest BCUT2D eigenvalue weighted by atomic mass is 10.2. The molecule has 3 rings (SSSR count). The summed E-state index contributed by atoms with van der Waals surface area (Å²) < 4.78 is 3.45. The number of para-hydroxylation sites is 1. The first-order valence-electron chi connectivity index (χ1n) is 8.34. The molecule has 0 bridgehead atoms. The van der Waals surface area contributed by atoms with Gasteiger partial charge in [0.2, 0.25) is 11.1 Å². The summed E-state index contributed by atoms with van der Waals surface area (Å²) in [5.41, 5.74) is 1.72. The van der Waals surface area contributed by atoms with Crippen molar-refractivity contribution in [3.63, 3.8) is 0 Å². The molecule has 3 aromatic rings. The van der Waals surface area contributed by atoms with Gasteiger partial charge in [-0.05, 0) is 35.4 Å². The molecule has 136 valence electrons. The van der Waals surface area contributed by atoms with Crippen LogP contribution in [0.1, 0.15) is 19.5 Å². The van der Waals surface area contributed by atoms with E-state index in [-0.39, 0.29) is 11.7 Å². The van der Waals surface area contributed by atoms with Crippen LogP contribution in [0.5, 0.6) is 0 Å². The van der Waals surface area contributed by atoms with E-state index in [4.69, 9.17) is 0 Å². The number of carbonyl (C=O) groups excluding carboxylic acids is 1. The van der Waals surface area contributed by atoms with Crippen LogP contribution in [0.2, 0.25) is 0 Å². The van der Waals surface area contributed by atoms with Crippen LogP contribution in [-0.2, 0) is 11.3 Å². The number of thioether (sulfide) groups is 1. The number of hydrogen-bond donors (Lipinski definition) is 1. The molecular formula is C17H21N7OS. The van der Waals surface area contributed by atoms with Crippen LogP contribution < -0.4 is 5.32 Å². The Kier molecular flexibility index (Phi) is 5.67. The molecule has 1 aromatic carbocycles. The van der Waals surface area contributed by atoms with Gasteiger partial charge in [-0.15, -0.1) is 5.10 Å². The Morgan fingerprint density at radius 2 is 2.04 bits per heavy atom. The van der Waals surface area contributed by atoms with E-state index in [0.29, 0.717) is 16.9 Å². The second-order valence-electron chi connectivity index (χ2n) is 6.29. The summed E-state index contributed by atoms with van der Waals surface area (Å²) in [5.74, 6) is 1.15. The molecule has 0 saturated carbocycles. The van der Waals surface area contributed by atoms with Gasteiger partial charge in [-0.1, -0.05) is 43.8 Å². The zero-order valence-electron chi connectivity index (χ0n) is 15.0. The number of anilines is 1. The molecule has 8 nitrogen and oxygen atoms in total. The second kappa shape index (κ2) is 8.13. The van der Waals surface area contributed by atoms with Gasteiger partial charge in [0.15, 0.2) is 0 Å². The van der Waals surface area contributed by atoms with Crippen molar-refractivity contribution < 1.29 is 4.79 Å². The number of benzene rings is 1. The minimum atomic E-state index is -0.133. The maximum Gasteiger partial charge on any atom is 0.236 e. The number of carbonyl (C=O) groups is 1. The first-order valence-corrected chi connectivity index (χ1v) is 9.32. The SMILES string of the molecule is Cc1cc(NC(=O)CSc2nnnn2CC(C)C)n(-c2ccccc2)n1. The summed E-state index contributed by atoms with van der Waals surface area (Å²) in [6, 6.07) is 11.5. The average Bonchev–Trinajstić information content (AvgIpc) is 3.19. The fourth-order valence-corrected chi connectivity index (χ4v) is 3.11. The molecule has 1 amide bonds. The van der Waals surface area contributed by atoms with Crippen LogP contribution in [0.15, 0.2) is 41.6 Å². The highest BCUT2D eigenvalue weighted by molar-refractivity contribution is 7.99. The lowest BCUT2D eigenvalue weighted by Gasteiger charge is -2.09. The average molecular weight is 371 g/mol. The van der Waals surface area contributed by atoms with Crippen LogP contribution in [0.4, 0.5) is 5.82 Å². The van der Waals surface area contributed by atoms with Crippen LogP contribution in [0, 0.1) is 12.8 Å². The Bertz CT molecular complexity index is 872. The van der Waals surface area contributed by atoms with Gasteiger partial charge in [0.05, 0.1) is 17.1 Å². The number of rotatable bonds is 7. The molecule has 0 unspecified atom stereocenters. The largest absolute Gasteiger partial charge is 0.310 e. The highest BCUT2D eigenvalue weighted by Crippen LogP contribution is 2.19. The van der Waals surface area contributed by atoms with E-state index in [1.165, 1.54) is 11.8 Å². The Labute approximate surface area is 156 Å². The van der Waals surface area contributed by atoms with Crippen LogP contribution in [0.3, 0.4) is 0 Å². The van der Waals surface area contributed by atoms with Crippen molar-refractivity contribution in [2.24, 2.45) is 5.92 Å². The zero-order chi connectivity index (χ0) is 18.5. The first kappa shape index (κ1) is 18.1. The fraction of sp³-hybridized carbons (Fsp3) is 0.353. The minimum Gasteiger partial charge on any atom is -0.310 e. The molecule has 2 heterocycles. The molecule has 1 N–H and O–H groups in total. The van der Waals surface area contributed by atoms with E-state index in [0.717, 1.165) is 17.9 Å². The van der Waals surface area contributed by atoms with E-state index in [9.17, 15) is 4.79 Å². The van der Waals surface area contributed by atoms with Gasteiger partial charge in [-0.25, -0.2) is 9.36 Å². The molecule has 0 radical (unpaired) electrons. The van der Waals surface area contributed by atoms with Gasteiger partial charge < -0.3 is 5.32 Å². The summed E-state index contributed by atoms with van der Waals surface area (Å²) in [5, 5.41) is 19.6. The number of hydrogen-bond acceptors (Lipinski definition) is 6. The van der Waals surface area contributed by atoms with E-state index >= 15 is 0 Å². The van der Waals surface area contributed by atoms with Gasteiger partial charge in [-0.3, -0.25) is 4.79 Å². The lowest BCUT2D eigenvalue weighted by Crippen LogP contribution is -2.17. The number of aromatic nitrogens is 6. The maximum absolute atomic E-state index is 12.4. The Hall–Kier alpha value is -2.68. The van der Waals surface area contributed by atoms with Gasteiger partial charge >= 0.3 is 0 Å². The van der Waals surface area contributed by atoms with Crippen molar-refractivity contribution in [2.75, 3.05) is 11.1 Å². The molecule has 0 saturated heterocycles. The monoisotopic (exact) mass is 371 g/mol. The quantitative estimate of drug-likeness (QED) is 0.642. The van der Waals surface area contributed by atoms with Crippen LogP contribution in [-0.4, -0.2) is 41.6 Å². The van der Waals surface area contributed by atoms with E-state index in [2.05, 4.69) is 39.8 Å². The van der Waals surface area contributed by atoms with Crippen molar-refractivity contribution in [2.45, 2.75) is 32.5 Å². The van der Waals surface area contributed by atoms with Gasteiger partial charge in [0.25, 0.3) is 0 Å². The number of nitrogens with one attached hydrogen (secondary N) is 1. The van der Waals surface area contributed by atoms with Gasteiger partial charge in [0, 0.05) is 12.6 Å². The predicted octanol–water partition coefficient (Wildman–Crippen LogP) is 2.55. The highest BCUT2D eigenvalue weighted by Gasteiger charge is 2.14. The topological polar surface area (TPSA) is 90.5 Å². The first-order chi connectivity index (χ1) is 12.5. The van der Waals surface area contributed by atoms with Crippen LogP contribution >= 0.6 is 11.8 Å². The molecule has 0 aliphatic rings. The molecule has 2 aromatic heterocycles. The van der Waals surface area contributed by atoms with E-state index in [1.807, 2.05) is 43.3 Å². The van der Waals surface area contributed by atoms with Crippen molar-refractivity contribution in [1.82, 2.24) is 30.0 Å². The molecule has 26 heavy (non-hydrogen) atoms. The van der Waals surface area contributed by atoms with E-state index in [1.54, 1.807) is 9.36 Å². The smallest absolute Gasteiger partial charge is 0.236 e. The number of nitrogens with zero attached hydrogens (tertiary/aromatic N) is 6. The molecule has 0 fully saturated rings. The third-order valence-corrected chi connectivity index (χ3v) is 4.43. The zero-order valence-corrected chi connectivity index (χ0v) is 15.8. The molecule has 9 heteroatoms. The fourth-order valence-electron chi connectivity index (χ4n) is 2.42. The normalized spacial score (nSPS) is 11.1. The summed E-state index contributed by atoms with van der Waals surface area (Å²) in [4.78, 5) is 12.4. The van der Waals surface area contributed by atoms with Crippen molar-refractivity contribution in [3.05, 3.63) is 42.1 Å². The summed E-state index contributed by atoms with van der Waals surface area (Å²) in [6.45, 7) is 6.80. The maximum atomic E-state index is 12.4. The van der Waals surface area contributed by atoms with Crippen molar-refractivity contribution >= 4 is 23.5 Å². The third kappa shape index (κ3) is 4.48. The number of tetrazole rings is 1. The minimum absolute atomic E-state index is 0.133. The molecule has 0 aliphatic carbocycles. The number of amides is 1. The Morgan fingerprint density at radius 3 is 2.77 bits per heavy atom. The van der Waals surface area contributed by atoms with Crippen LogP contribution in [0.25, 0.3) is 5.69 Å². The second-order valence-corrected chi connectivity index (χ2v) is 7.24. The number of aryl methyl sites for hydroxylation is 1. The van der Waals surface area contributed by atoms with E-state index < -0.39 is 0 Å². The third-order valence-electron chi connectivity index (χ3n) is 3.47. The molecule has 0 atom stereocenters. The molecular weight excluding hydrogens is 350 g/mol. The summed E-state index contributed by atoms with van der Waals surface area (Å²) >= 11 is 1.32. The van der Waals surface area contributed by atoms with Crippen molar-refractivity contribution in [3.8, 4) is 5.69 Å². The predicted molar refractivity (Wildman–Crippen MR) is 100 cm³/mol. The lowest BCUT2D eigenvalue weighted by molar-refractivity contribution is -0.113. The highest BCUT2D eigenvalue weighted by atomic mass is 32.2. The molecule has 0 spiro atoms. The Morgan fingerprint density at radius 1 is 1.27 bits per heavy atom. The van der Waals surface area contributed by atoms with Crippen molar-refractivity contribution in [1.29, 1.82) is 0 Å². The summed E-state index contributed by atoms with van der Waals surface area (Å²) in [6.07, 6.45) is 0. The summed E-state index contributed by atoms with van der Waals surface area (Å²) in [7, 11) is 0.